The Balaban J connectivity index is 1.36. The maximum Gasteiger partial charge on any atom is 0.227 e. The third kappa shape index (κ3) is 4.34. The minimum absolute atomic E-state index is 0.0110. The highest BCUT2D eigenvalue weighted by Gasteiger charge is 2.40. The molecule has 2 aromatic carbocycles. The van der Waals surface area contributed by atoms with E-state index in [0.717, 1.165) is 11.1 Å². The Bertz CT molecular complexity index is 940. The maximum atomic E-state index is 13.0. The van der Waals surface area contributed by atoms with Crippen molar-refractivity contribution in [3.05, 3.63) is 69.7 Å². The van der Waals surface area contributed by atoms with Gasteiger partial charge in [-0.15, -0.1) is 0 Å². The van der Waals surface area contributed by atoms with Gasteiger partial charge in [0.25, 0.3) is 0 Å². The molecule has 0 radical (unpaired) electrons. The zero-order chi connectivity index (χ0) is 21.3. The molecule has 0 aromatic heterocycles. The normalized spacial score (nSPS) is 21.2. The molecule has 2 amide bonds. The molecule has 1 atom stereocenters. The monoisotopic (exact) mass is 446 g/mol. The number of hydrogen-bond acceptors (Lipinski definition) is 3. The molecule has 7 heteroatoms. The number of rotatable bonds is 4. The van der Waals surface area contributed by atoms with Gasteiger partial charge in [0, 0.05) is 42.6 Å². The van der Waals surface area contributed by atoms with E-state index in [2.05, 4.69) is 0 Å². The van der Waals surface area contributed by atoms with Crippen molar-refractivity contribution >= 4 is 35.0 Å². The van der Waals surface area contributed by atoms with Crippen LogP contribution in [0.25, 0.3) is 0 Å². The standard InChI is InChI=1S/C23H24Cl2N2O3/c24-19-7-5-18(6-8-19)23(30)9-11-26(12-10-23)22(29)17-13-21(28)27(15-17)14-16-3-1-2-4-20(16)25/h1-8,17,30H,9-15H2/t17-/m1/s1. The van der Waals surface area contributed by atoms with Gasteiger partial charge in [0.15, 0.2) is 0 Å². The van der Waals surface area contributed by atoms with E-state index in [1.807, 2.05) is 30.3 Å². The van der Waals surface area contributed by atoms with Gasteiger partial charge in [0.2, 0.25) is 11.8 Å². The molecular weight excluding hydrogens is 423 g/mol. The first kappa shape index (κ1) is 21.2. The fraction of sp³-hybridized carbons (Fsp3) is 0.391. The van der Waals surface area contributed by atoms with Crippen LogP contribution in [0.3, 0.4) is 0 Å². The van der Waals surface area contributed by atoms with E-state index in [-0.39, 0.29) is 24.2 Å². The second-order valence-corrected chi connectivity index (χ2v) is 8.97. The number of piperidine rings is 1. The lowest BCUT2D eigenvalue weighted by Gasteiger charge is -2.39. The summed E-state index contributed by atoms with van der Waals surface area (Å²) in [7, 11) is 0. The van der Waals surface area contributed by atoms with E-state index in [1.165, 1.54) is 0 Å². The lowest BCUT2D eigenvalue weighted by Crippen LogP contribution is -2.47. The van der Waals surface area contributed by atoms with Crippen LogP contribution < -0.4 is 0 Å². The maximum absolute atomic E-state index is 13.0. The lowest BCUT2D eigenvalue weighted by atomic mass is 9.84. The number of benzene rings is 2. The number of carbonyl (C=O) groups excluding carboxylic acids is 2. The molecule has 0 saturated carbocycles. The first-order valence-electron chi connectivity index (χ1n) is 10.1. The summed E-state index contributed by atoms with van der Waals surface area (Å²) >= 11 is 12.2. The van der Waals surface area contributed by atoms with E-state index in [4.69, 9.17) is 23.2 Å². The number of amides is 2. The average molecular weight is 447 g/mol. The molecule has 0 unspecified atom stereocenters. The highest BCUT2D eigenvalue weighted by molar-refractivity contribution is 6.31. The lowest BCUT2D eigenvalue weighted by molar-refractivity contribution is -0.140. The van der Waals surface area contributed by atoms with Gasteiger partial charge in [0.05, 0.1) is 11.5 Å². The average Bonchev–Trinajstić information content (AvgIpc) is 3.10. The van der Waals surface area contributed by atoms with Gasteiger partial charge in [-0.3, -0.25) is 9.59 Å². The number of hydrogen-bond donors (Lipinski definition) is 1. The summed E-state index contributed by atoms with van der Waals surface area (Å²) in [5.74, 6) is -0.382. The van der Waals surface area contributed by atoms with Gasteiger partial charge in [-0.25, -0.2) is 0 Å². The van der Waals surface area contributed by atoms with Crippen LogP contribution in [0.15, 0.2) is 48.5 Å². The fourth-order valence-corrected chi connectivity index (χ4v) is 4.65. The number of likely N-dealkylation sites (tertiary alicyclic amines) is 2. The van der Waals surface area contributed by atoms with E-state index < -0.39 is 5.60 Å². The van der Waals surface area contributed by atoms with Crippen molar-refractivity contribution in [1.82, 2.24) is 9.80 Å². The van der Waals surface area contributed by atoms with Crippen LogP contribution in [0.1, 0.15) is 30.4 Å². The molecule has 2 aliphatic rings. The van der Waals surface area contributed by atoms with Crippen molar-refractivity contribution in [2.75, 3.05) is 19.6 Å². The second kappa shape index (κ2) is 8.58. The van der Waals surface area contributed by atoms with Crippen LogP contribution in [0.2, 0.25) is 10.0 Å². The van der Waals surface area contributed by atoms with Gasteiger partial charge < -0.3 is 14.9 Å². The summed E-state index contributed by atoms with van der Waals surface area (Å²) in [5, 5.41) is 12.3. The van der Waals surface area contributed by atoms with Crippen LogP contribution in [-0.2, 0) is 21.7 Å². The molecule has 4 rings (SSSR count). The van der Waals surface area contributed by atoms with Gasteiger partial charge in [0.1, 0.15) is 0 Å². The smallest absolute Gasteiger partial charge is 0.227 e. The molecule has 2 fully saturated rings. The molecule has 0 spiro atoms. The van der Waals surface area contributed by atoms with Gasteiger partial charge >= 0.3 is 0 Å². The van der Waals surface area contributed by atoms with Crippen molar-refractivity contribution in [2.24, 2.45) is 5.92 Å². The summed E-state index contributed by atoms with van der Waals surface area (Å²) in [4.78, 5) is 29.0. The first-order valence-corrected chi connectivity index (χ1v) is 10.9. The Morgan fingerprint density at radius 1 is 1.07 bits per heavy atom. The number of nitrogens with zero attached hydrogens (tertiary/aromatic N) is 2. The van der Waals surface area contributed by atoms with E-state index in [1.54, 1.807) is 28.0 Å². The Morgan fingerprint density at radius 3 is 2.40 bits per heavy atom. The molecule has 2 heterocycles. The molecular formula is C23H24Cl2N2O3. The number of halogens is 2. The Hall–Kier alpha value is -2.08. The van der Waals surface area contributed by atoms with Crippen LogP contribution in [0.4, 0.5) is 0 Å². The Morgan fingerprint density at radius 2 is 1.73 bits per heavy atom. The van der Waals surface area contributed by atoms with Crippen molar-refractivity contribution in [2.45, 2.75) is 31.4 Å². The van der Waals surface area contributed by atoms with Crippen LogP contribution in [0, 0.1) is 5.92 Å². The van der Waals surface area contributed by atoms with E-state index in [9.17, 15) is 14.7 Å². The Labute approximate surface area is 186 Å². The summed E-state index contributed by atoms with van der Waals surface area (Å²) in [5.41, 5.74) is 0.746. The Kier molecular flexibility index (Phi) is 6.05. The summed E-state index contributed by atoms with van der Waals surface area (Å²) in [6, 6.07) is 14.6. The summed E-state index contributed by atoms with van der Waals surface area (Å²) < 4.78 is 0. The highest BCUT2D eigenvalue weighted by Crippen LogP contribution is 2.34. The van der Waals surface area contributed by atoms with E-state index >= 15 is 0 Å². The largest absolute Gasteiger partial charge is 0.385 e. The molecule has 2 aliphatic heterocycles. The summed E-state index contributed by atoms with van der Waals surface area (Å²) in [6.07, 6.45) is 1.15. The zero-order valence-electron chi connectivity index (χ0n) is 16.6. The van der Waals surface area contributed by atoms with Crippen LogP contribution in [0.5, 0.6) is 0 Å². The minimum Gasteiger partial charge on any atom is -0.385 e. The summed E-state index contributed by atoms with van der Waals surface area (Å²) in [6.45, 7) is 1.75. The molecule has 2 aromatic rings. The van der Waals surface area contributed by atoms with E-state index in [0.29, 0.717) is 49.1 Å². The SMILES string of the molecule is O=C1C[C@@H](C(=O)N2CCC(O)(c3ccc(Cl)cc3)CC2)CN1Cc1ccccc1Cl. The molecule has 1 N–H and O–H groups in total. The quantitative estimate of drug-likeness (QED) is 0.775. The van der Waals surface area contributed by atoms with Crippen molar-refractivity contribution in [3.63, 3.8) is 0 Å². The number of carbonyl (C=O) groups is 2. The number of aliphatic hydroxyl groups is 1. The first-order chi connectivity index (χ1) is 14.4. The minimum atomic E-state index is -0.955. The second-order valence-electron chi connectivity index (χ2n) is 8.13. The third-order valence-electron chi connectivity index (χ3n) is 6.17. The van der Waals surface area contributed by atoms with Crippen molar-refractivity contribution < 1.29 is 14.7 Å². The molecule has 30 heavy (non-hydrogen) atoms. The van der Waals surface area contributed by atoms with Gasteiger partial charge in [-0.05, 0) is 42.2 Å². The molecule has 0 bridgehead atoms. The molecule has 158 valence electrons. The van der Waals surface area contributed by atoms with Gasteiger partial charge in [-0.2, -0.15) is 0 Å². The topological polar surface area (TPSA) is 60.9 Å². The third-order valence-corrected chi connectivity index (χ3v) is 6.79. The highest BCUT2D eigenvalue weighted by atomic mass is 35.5. The predicted molar refractivity (Wildman–Crippen MR) is 116 cm³/mol. The predicted octanol–water partition coefficient (Wildman–Crippen LogP) is 3.85. The molecule has 0 aliphatic carbocycles. The molecule has 2 saturated heterocycles. The van der Waals surface area contributed by atoms with Crippen LogP contribution >= 0.6 is 23.2 Å². The van der Waals surface area contributed by atoms with Gasteiger partial charge in [-0.1, -0.05) is 53.5 Å². The fourth-order valence-electron chi connectivity index (χ4n) is 4.33. The molecule has 5 nitrogen and oxygen atoms in total. The zero-order valence-corrected chi connectivity index (χ0v) is 18.1. The van der Waals surface area contributed by atoms with Crippen LogP contribution in [-0.4, -0.2) is 46.4 Å². The van der Waals surface area contributed by atoms with Crippen molar-refractivity contribution in [3.8, 4) is 0 Å². The van der Waals surface area contributed by atoms with Crippen molar-refractivity contribution in [1.29, 1.82) is 0 Å².